The summed E-state index contributed by atoms with van der Waals surface area (Å²) in [6.07, 6.45) is 0.858. The zero-order chi connectivity index (χ0) is 12.4. The third kappa shape index (κ3) is 3.01. The van der Waals surface area contributed by atoms with Gasteiger partial charge in [0.15, 0.2) is 6.10 Å². The first kappa shape index (κ1) is 12.4. The monoisotopic (exact) mass is 256 g/mol. The fraction of sp³-hybridized carbons (Fsp3) is 0.636. The van der Waals surface area contributed by atoms with Gasteiger partial charge in [-0.15, -0.1) is 11.8 Å². The fourth-order valence-electron chi connectivity index (χ4n) is 1.91. The van der Waals surface area contributed by atoms with Crippen LogP contribution in [0.15, 0.2) is 11.1 Å². The predicted octanol–water partition coefficient (Wildman–Crippen LogP) is 1.45. The van der Waals surface area contributed by atoms with Gasteiger partial charge in [-0.2, -0.15) is 5.10 Å². The number of rotatable bonds is 4. The van der Waals surface area contributed by atoms with Crippen LogP contribution in [0.3, 0.4) is 0 Å². The first-order valence-electron chi connectivity index (χ1n) is 5.58. The van der Waals surface area contributed by atoms with E-state index in [-0.39, 0.29) is 6.10 Å². The lowest BCUT2D eigenvalue weighted by Crippen LogP contribution is -2.21. The molecule has 2 rings (SSSR count). The van der Waals surface area contributed by atoms with Gasteiger partial charge in [0.2, 0.25) is 0 Å². The van der Waals surface area contributed by atoms with Crippen molar-refractivity contribution in [2.75, 3.05) is 5.75 Å². The second-order valence-electron chi connectivity index (χ2n) is 4.22. The zero-order valence-corrected chi connectivity index (χ0v) is 10.7. The van der Waals surface area contributed by atoms with E-state index in [1.807, 2.05) is 24.7 Å². The number of hydrogen-bond acceptors (Lipinski definition) is 4. The predicted molar refractivity (Wildman–Crippen MR) is 64.2 cm³/mol. The number of aliphatic carboxylic acids is 1. The highest BCUT2D eigenvalue weighted by molar-refractivity contribution is 7.99. The average Bonchev–Trinajstić information content (AvgIpc) is 2.82. The molecule has 1 aromatic rings. The number of carbonyl (C=O) groups is 1. The molecule has 2 unspecified atom stereocenters. The lowest BCUT2D eigenvalue weighted by molar-refractivity contribution is -0.148. The van der Waals surface area contributed by atoms with Crippen molar-refractivity contribution in [1.82, 2.24) is 9.78 Å². The minimum atomic E-state index is -0.853. The van der Waals surface area contributed by atoms with Gasteiger partial charge >= 0.3 is 5.97 Å². The van der Waals surface area contributed by atoms with Crippen molar-refractivity contribution in [3.05, 3.63) is 11.8 Å². The van der Waals surface area contributed by atoms with Crippen LogP contribution in [-0.4, -0.2) is 38.8 Å². The molecule has 0 amide bonds. The maximum absolute atomic E-state index is 10.7. The van der Waals surface area contributed by atoms with Crippen molar-refractivity contribution in [2.24, 2.45) is 7.05 Å². The van der Waals surface area contributed by atoms with Gasteiger partial charge in [0.25, 0.3) is 0 Å². The van der Waals surface area contributed by atoms with Crippen molar-refractivity contribution in [2.45, 2.75) is 37.0 Å². The highest BCUT2D eigenvalue weighted by atomic mass is 32.2. The molecule has 0 aliphatic carbocycles. The minimum absolute atomic E-state index is 0.0382. The molecule has 94 valence electrons. The van der Waals surface area contributed by atoms with Crippen LogP contribution >= 0.6 is 11.8 Å². The summed E-state index contributed by atoms with van der Waals surface area (Å²) in [6, 6.07) is 2.02. The van der Waals surface area contributed by atoms with Crippen LogP contribution in [0, 0.1) is 6.92 Å². The first-order chi connectivity index (χ1) is 8.06. The number of hydrogen-bond donors (Lipinski definition) is 1. The smallest absolute Gasteiger partial charge is 0.332 e. The molecule has 1 fully saturated rings. The normalized spacial score (nSPS) is 24.1. The van der Waals surface area contributed by atoms with E-state index >= 15 is 0 Å². The van der Waals surface area contributed by atoms with Gasteiger partial charge in [-0.25, -0.2) is 4.79 Å². The molecular weight excluding hydrogens is 240 g/mol. The van der Waals surface area contributed by atoms with Crippen LogP contribution in [0.25, 0.3) is 0 Å². The van der Waals surface area contributed by atoms with Crippen molar-refractivity contribution in [3.8, 4) is 0 Å². The summed E-state index contributed by atoms with van der Waals surface area (Å²) >= 11 is 1.66. The standard InChI is InChI=1S/C11H16N2O3S/c1-7-5-10(13(2)12-7)17-6-8-3-4-9(16-8)11(14)15/h5,8-9H,3-4,6H2,1-2H3,(H,14,15). The molecule has 17 heavy (non-hydrogen) atoms. The van der Waals surface area contributed by atoms with Crippen molar-refractivity contribution >= 4 is 17.7 Å². The van der Waals surface area contributed by atoms with Gasteiger partial charge < -0.3 is 9.84 Å². The SMILES string of the molecule is Cc1cc(SCC2CCC(C(=O)O)O2)n(C)n1. The van der Waals surface area contributed by atoms with Gasteiger partial charge in [0, 0.05) is 12.8 Å². The summed E-state index contributed by atoms with van der Waals surface area (Å²) in [4.78, 5) is 10.7. The van der Waals surface area contributed by atoms with E-state index in [0.717, 1.165) is 22.9 Å². The Kier molecular flexibility index (Phi) is 3.73. The van der Waals surface area contributed by atoms with Crippen molar-refractivity contribution < 1.29 is 14.6 Å². The summed E-state index contributed by atoms with van der Waals surface area (Å²) in [5, 5.41) is 14.2. The lowest BCUT2D eigenvalue weighted by Gasteiger charge is -2.10. The third-order valence-corrected chi connectivity index (χ3v) is 3.98. The minimum Gasteiger partial charge on any atom is -0.479 e. The van der Waals surface area contributed by atoms with Crippen LogP contribution in [0.2, 0.25) is 0 Å². The molecule has 1 aliphatic rings. The van der Waals surface area contributed by atoms with Crippen molar-refractivity contribution in [1.29, 1.82) is 0 Å². The topological polar surface area (TPSA) is 64.3 Å². The molecule has 0 aromatic carbocycles. The third-order valence-electron chi connectivity index (χ3n) is 2.76. The van der Waals surface area contributed by atoms with E-state index in [2.05, 4.69) is 5.10 Å². The van der Waals surface area contributed by atoms with Gasteiger partial charge in [0.1, 0.15) is 0 Å². The second kappa shape index (κ2) is 5.10. The van der Waals surface area contributed by atoms with Gasteiger partial charge in [-0.05, 0) is 25.8 Å². The van der Waals surface area contributed by atoms with E-state index in [9.17, 15) is 4.79 Å². The van der Waals surface area contributed by atoms with Gasteiger partial charge in [-0.1, -0.05) is 0 Å². The molecule has 1 N–H and O–H groups in total. The average molecular weight is 256 g/mol. The summed E-state index contributed by atoms with van der Waals surface area (Å²) in [6.45, 7) is 1.95. The molecule has 2 atom stereocenters. The number of thioether (sulfide) groups is 1. The molecule has 1 aromatic heterocycles. The van der Waals surface area contributed by atoms with Crippen LogP contribution in [0.5, 0.6) is 0 Å². The molecule has 1 aliphatic heterocycles. The Morgan fingerprint density at radius 2 is 2.47 bits per heavy atom. The van der Waals surface area contributed by atoms with Gasteiger partial charge in [-0.3, -0.25) is 4.68 Å². The Morgan fingerprint density at radius 3 is 3.00 bits per heavy atom. The van der Waals surface area contributed by atoms with Crippen LogP contribution < -0.4 is 0 Å². The maximum atomic E-state index is 10.7. The highest BCUT2D eigenvalue weighted by Crippen LogP contribution is 2.26. The maximum Gasteiger partial charge on any atom is 0.332 e. The lowest BCUT2D eigenvalue weighted by atomic mass is 10.2. The largest absolute Gasteiger partial charge is 0.479 e. The Hall–Kier alpha value is -1.01. The zero-order valence-electron chi connectivity index (χ0n) is 9.92. The molecular formula is C11H16N2O3S. The number of carboxylic acids is 1. The molecule has 6 heteroatoms. The number of aryl methyl sites for hydroxylation is 2. The molecule has 0 saturated carbocycles. The fourth-order valence-corrected chi connectivity index (χ4v) is 2.99. The number of carboxylic acid groups (broad SMARTS) is 1. The molecule has 1 saturated heterocycles. The van der Waals surface area contributed by atoms with E-state index in [1.54, 1.807) is 11.8 Å². The molecule has 5 nitrogen and oxygen atoms in total. The Morgan fingerprint density at radius 1 is 1.71 bits per heavy atom. The second-order valence-corrected chi connectivity index (χ2v) is 5.26. The summed E-state index contributed by atoms with van der Waals surface area (Å²) < 4.78 is 7.28. The highest BCUT2D eigenvalue weighted by Gasteiger charge is 2.30. The van der Waals surface area contributed by atoms with Crippen molar-refractivity contribution in [3.63, 3.8) is 0 Å². The molecule has 2 heterocycles. The molecule has 0 radical (unpaired) electrons. The first-order valence-corrected chi connectivity index (χ1v) is 6.56. The van der Waals surface area contributed by atoms with E-state index in [1.165, 1.54) is 0 Å². The Labute approximate surface area is 104 Å². The number of aromatic nitrogens is 2. The molecule has 0 bridgehead atoms. The Bertz CT molecular complexity index is 419. The summed E-state index contributed by atoms with van der Waals surface area (Å²) in [5.74, 6) is -0.0724. The van der Waals surface area contributed by atoms with E-state index < -0.39 is 12.1 Å². The van der Waals surface area contributed by atoms with E-state index in [4.69, 9.17) is 9.84 Å². The summed E-state index contributed by atoms with van der Waals surface area (Å²) in [7, 11) is 1.91. The summed E-state index contributed by atoms with van der Waals surface area (Å²) in [5.41, 5.74) is 0.991. The van der Waals surface area contributed by atoms with Crippen LogP contribution in [0.1, 0.15) is 18.5 Å². The quantitative estimate of drug-likeness (QED) is 0.826. The van der Waals surface area contributed by atoms with E-state index in [0.29, 0.717) is 6.42 Å². The molecule has 0 spiro atoms. The Balaban J connectivity index is 1.84. The van der Waals surface area contributed by atoms with Crippen LogP contribution in [0.4, 0.5) is 0 Å². The number of ether oxygens (including phenoxy) is 1. The number of nitrogens with zero attached hydrogens (tertiary/aromatic N) is 2. The van der Waals surface area contributed by atoms with Crippen LogP contribution in [-0.2, 0) is 16.6 Å². The van der Waals surface area contributed by atoms with Gasteiger partial charge in [0.05, 0.1) is 16.8 Å².